The Bertz CT molecular complexity index is 667. The molecule has 1 atom stereocenters. The molecule has 6 nitrogen and oxygen atoms in total. The number of aliphatic carboxylic acids is 1. The Morgan fingerprint density at radius 1 is 1.23 bits per heavy atom. The van der Waals surface area contributed by atoms with Gasteiger partial charge in [-0.05, 0) is 37.0 Å². The van der Waals surface area contributed by atoms with E-state index >= 15 is 0 Å². The lowest BCUT2D eigenvalue weighted by molar-refractivity contribution is -0.142. The smallest absolute Gasteiger partial charge is 0.330 e. The second-order valence-electron chi connectivity index (χ2n) is 5.42. The van der Waals surface area contributed by atoms with Gasteiger partial charge < -0.3 is 10.4 Å². The lowest BCUT2D eigenvalue weighted by atomic mass is 10.0. The largest absolute Gasteiger partial charge is 0.479 e. The van der Waals surface area contributed by atoms with E-state index in [1.54, 1.807) is 18.2 Å². The summed E-state index contributed by atoms with van der Waals surface area (Å²) in [5.41, 5.74) is 2.47. The number of aryl methyl sites for hydroxylation is 2. The molecule has 1 aromatic carbocycles. The molecule has 0 spiro atoms. The van der Waals surface area contributed by atoms with Gasteiger partial charge in [0.15, 0.2) is 6.04 Å². The number of carbonyl (C=O) groups is 2. The van der Waals surface area contributed by atoms with Crippen LogP contribution in [0.4, 0.5) is 0 Å². The molecule has 7 heteroatoms. The summed E-state index contributed by atoms with van der Waals surface area (Å²) in [6.07, 6.45) is 1.24. The average Bonchev–Trinajstić information content (AvgIpc) is 2.37. The normalized spacial score (nSPS) is 12.7. The molecule has 1 rings (SSSR count). The molecule has 0 aliphatic carbocycles. The van der Waals surface area contributed by atoms with Crippen LogP contribution in [-0.2, 0) is 19.4 Å². The molecule has 0 heterocycles. The van der Waals surface area contributed by atoms with Crippen molar-refractivity contribution in [2.75, 3.05) is 12.0 Å². The Labute approximate surface area is 130 Å². The Morgan fingerprint density at radius 2 is 1.86 bits per heavy atom. The fourth-order valence-electron chi connectivity index (χ4n) is 1.96. The first-order valence-corrected chi connectivity index (χ1v) is 8.93. The fourth-order valence-corrected chi connectivity index (χ4v) is 2.63. The third-order valence-electron chi connectivity index (χ3n) is 3.34. The number of nitrogens with one attached hydrogen (secondary N) is 1. The van der Waals surface area contributed by atoms with Gasteiger partial charge in [0.05, 0.1) is 5.75 Å². The van der Waals surface area contributed by atoms with Crippen molar-refractivity contribution in [1.29, 1.82) is 0 Å². The van der Waals surface area contributed by atoms with Crippen LogP contribution in [0.25, 0.3) is 0 Å². The van der Waals surface area contributed by atoms with Gasteiger partial charge >= 0.3 is 5.97 Å². The first kappa shape index (κ1) is 18.2. The Kier molecular flexibility index (Phi) is 6.11. The van der Waals surface area contributed by atoms with Gasteiger partial charge in [0, 0.05) is 12.7 Å². The predicted octanol–water partition coefficient (Wildman–Crippen LogP) is 1.37. The number of carbonyl (C=O) groups excluding carboxylic acids is 1. The molecule has 0 saturated heterocycles. The highest BCUT2D eigenvalue weighted by Gasteiger charge is 2.22. The minimum Gasteiger partial charge on any atom is -0.479 e. The van der Waals surface area contributed by atoms with Crippen molar-refractivity contribution < 1.29 is 23.1 Å². The van der Waals surface area contributed by atoms with Crippen molar-refractivity contribution in [3.63, 3.8) is 0 Å². The molecular weight excluding hydrogens is 306 g/mol. The number of sulfone groups is 1. The molecule has 0 bridgehead atoms. The lowest BCUT2D eigenvalue weighted by Gasteiger charge is -2.16. The maximum atomic E-state index is 11.8. The third-order valence-corrected chi connectivity index (χ3v) is 4.37. The second-order valence-corrected chi connectivity index (χ2v) is 7.68. The minimum absolute atomic E-state index is 0.0261. The van der Waals surface area contributed by atoms with Gasteiger partial charge in [-0.25, -0.2) is 13.2 Å². The van der Waals surface area contributed by atoms with Gasteiger partial charge in [0.25, 0.3) is 0 Å². The number of hydrogen-bond acceptors (Lipinski definition) is 4. The molecular formula is C15H21NO5S. The van der Waals surface area contributed by atoms with E-state index in [1.807, 2.05) is 13.8 Å². The molecule has 0 fully saturated rings. The summed E-state index contributed by atoms with van der Waals surface area (Å²) in [5.74, 6) is -1.73. The summed E-state index contributed by atoms with van der Waals surface area (Å²) >= 11 is 0. The van der Waals surface area contributed by atoms with Gasteiger partial charge in [0.1, 0.15) is 9.84 Å². The van der Waals surface area contributed by atoms with Gasteiger partial charge in [-0.1, -0.05) is 18.2 Å². The maximum absolute atomic E-state index is 11.8. The number of carboxylic acid groups (broad SMARTS) is 1. The number of amides is 1. The van der Waals surface area contributed by atoms with Crippen molar-refractivity contribution in [2.45, 2.75) is 32.7 Å². The molecule has 22 heavy (non-hydrogen) atoms. The van der Waals surface area contributed by atoms with Crippen LogP contribution in [0.3, 0.4) is 0 Å². The molecule has 0 aliphatic rings. The highest BCUT2D eigenvalue weighted by Crippen LogP contribution is 2.18. The summed E-state index contributed by atoms with van der Waals surface area (Å²) in [6.45, 7) is 3.78. The van der Waals surface area contributed by atoms with E-state index in [2.05, 4.69) is 5.32 Å². The minimum atomic E-state index is -3.12. The van der Waals surface area contributed by atoms with Gasteiger partial charge in [-0.15, -0.1) is 0 Å². The van der Waals surface area contributed by atoms with Gasteiger partial charge in [-0.3, -0.25) is 4.79 Å². The summed E-state index contributed by atoms with van der Waals surface area (Å²) < 4.78 is 22.0. The van der Waals surface area contributed by atoms with Crippen LogP contribution in [0.2, 0.25) is 0 Å². The summed E-state index contributed by atoms with van der Waals surface area (Å²) in [7, 11) is -3.12. The van der Waals surface area contributed by atoms with Crippen molar-refractivity contribution in [2.24, 2.45) is 0 Å². The van der Waals surface area contributed by atoms with E-state index in [-0.39, 0.29) is 18.6 Å². The van der Waals surface area contributed by atoms with Crippen molar-refractivity contribution >= 4 is 21.7 Å². The van der Waals surface area contributed by atoms with Crippen molar-refractivity contribution in [3.05, 3.63) is 34.9 Å². The number of benzene rings is 1. The quantitative estimate of drug-likeness (QED) is 0.788. The summed E-state index contributed by atoms with van der Waals surface area (Å²) in [4.78, 5) is 23.2. The number of hydrogen-bond donors (Lipinski definition) is 2. The zero-order valence-electron chi connectivity index (χ0n) is 12.9. The molecule has 0 aromatic heterocycles. The molecule has 0 radical (unpaired) electrons. The number of carboxylic acids is 1. The summed E-state index contributed by atoms with van der Waals surface area (Å²) in [5, 5.41) is 11.7. The predicted molar refractivity (Wildman–Crippen MR) is 83.4 cm³/mol. The lowest BCUT2D eigenvalue weighted by Crippen LogP contribution is -2.33. The van der Waals surface area contributed by atoms with Crippen LogP contribution < -0.4 is 5.32 Å². The van der Waals surface area contributed by atoms with Crippen molar-refractivity contribution in [3.8, 4) is 0 Å². The monoisotopic (exact) mass is 327 g/mol. The van der Waals surface area contributed by atoms with E-state index in [0.29, 0.717) is 5.56 Å². The van der Waals surface area contributed by atoms with E-state index in [4.69, 9.17) is 0 Å². The van der Waals surface area contributed by atoms with Crippen LogP contribution in [0, 0.1) is 13.8 Å². The average molecular weight is 327 g/mol. The SMILES string of the molecule is Cc1ccc(C(NC(=O)CCCS(C)(=O)=O)C(=O)O)cc1C. The molecule has 1 unspecified atom stereocenters. The Balaban J connectivity index is 2.74. The van der Waals surface area contributed by atoms with Crippen LogP contribution in [0.15, 0.2) is 18.2 Å². The Hall–Kier alpha value is -1.89. The van der Waals surface area contributed by atoms with Gasteiger partial charge in [0.2, 0.25) is 5.91 Å². The standard InChI is InChI=1S/C15H21NO5S/c1-10-6-7-12(9-11(10)2)14(15(18)19)16-13(17)5-4-8-22(3,20)21/h6-7,9,14H,4-5,8H2,1-3H3,(H,16,17)(H,18,19). The first-order valence-electron chi connectivity index (χ1n) is 6.87. The fraction of sp³-hybridized carbons (Fsp3) is 0.467. The molecule has 1 amide bonds. The molecule has 0 aliphatic heterocycles. The number of rotatable bonds is 7. The van der Waals surface area contributed by atoms with Gasteiger partial charge in [-0.2, -0.15) is 0 Å². The molecule has 1 aromatic rings. The molecule has 122 valence electrons. The van der Waals surface area contributed by atoms with Crippen molar-refractivity contribution in [1.82, 2.24) is 5.32 Å². The summed E-state index contributed by atoms with van der Waals surface area (Å²) in [6, 6.07) is 4.06. The zero-order valence-corrected chi connectivity index (χ0v) is 13.7. The van der Waals surface area contributed by atoms with Crippen LogP contribution >= 0.6 is 0 Å². The third kappa shape index (κ3) is 5.85. The highest BCUT2D eigenvalue weighted by molar-refractivity contribution is 7.90. The maximum Gasteiger partial charge on any atom is 0.330 e. The Morgan fingerprint density at radius 3 is 2.36 bits per heavy atom. The molecule has 0 saturated carbocycles. The van der Waals surface area contributed by atoms with E-state index < -0.39 is 27.8 Å². The topological polar surface area (TPSA) is 101 Å². The van der Waals surface area contributed by atoms with E-state index in [1.165, 1.54) is 0 Å². The highest BCUT2D eigenvalue weighted by atomic mass is 32.2. The van der Waals surface area contributed by atoms with E-state index in [0.717, 1.165) is 17.4 Å². The first-order chi connectivity index (χ1) is 10.1. The second kappa shape index (κ2) is 7.40. The van der Waals surface area contributed by atoms with Crippen LogP contribution in [-0.4, -0.2) is 37.4 Å². The van der Waals surface area contributed by atoms with E-state index in [9.17, 15) is 23.1 Å². The van der Waals surface area contributed by atoms with Crippen LogP contribution in [0.1, 0.15) is 35.6 Å². The molecule has 2 N–H and O–H groups in total. The zero-order chi connectivity index (χ0) is 16.9. The van der Waals surface area contributed by atoms with Crippen LogP contribution in [0.5, 0.6) is 0 Å².